The van der Waals surface area contributed by atoms with Crippen molar-refractivity contribution in [1.29, 1.82) is 0 Å². The normalized spacial score (nSPS) is 11.0. The summed E-state index contributed by atoms with van der Waals surface area (Å²) in [6.45, 7) is 6.74. The van der Waals surface area contributed by atoms with E-state index in [4.69, 9.17) is 0 Å². The SMILES string of the molecule is CCN(CC)c1ccc(CNc2nc(-c3cccnc3)nn2C(=O)/C=C/c2ccccc2)cc1. The van der Waals surface area contributed by atoms with Crippen molar-refractivity contribution in [2.24, 2.45) is 0 Å². The van der Waals surface area contributed by atoms with E-state index in [9.17, 15) is 4.79 Å². The summed E-state index contributed by atoms with van der Waals surface area (Å²) in [4.78, 5) is 24.0. The summed E-state index contributed by atoms with van der Waals surface area (Å²) in [5, 5.41) is 7.74. The van der Waals surface area contributed by atoms with Crippen LogP contribution in [-0.4, -0.2) is 38.7 Å². The number of carbonyl (C=O) groups excluding carboxylic acids is 1. The molecule has 4 aromatic rings. The number of carbonyl (C=O) groups is 1. The highest BCUT2D eigenvalue weighted by Gasteiger charge is 2.16. The molecule has 0 amide bonds. The van der Waals surface area contributed by atoms with Crippen molar-refractivity contribution >= 4 is 23.6 Å². The summed E-state index contributed by atoms with van der Waals surface area (Å²) >= 11 is 0. The summed E-state index contributed by atoms with van der Waals surface area (Å²) in [6, 6.07) is 21.8. The first kappa shape index (κ1) is 22.9. The fourth-order valence-electron chi connectivity index (χ4n) is 3.59. The third-order valence-electron chi connectivity index (χ3n) is 5.47. The predicted molar refractivity (Wildman–Crippen MR) is 137 cm³/mol. The Bertz CT molecular complexity index is 1230. The first-order valence-electron chi connectivity index (χ1n) is 11.4. The van der Waals surface area contributed by atoms with Gasteiger partial charge in [-0.3, -0.25) is 9.78 Å². The lowest BCUT2D eigenvalue weighted by Crippen LogP contribution is -2.21. The lowest BCUT2D eigenvalue weighted by atomic mass is 10.2. The van der Waals surface area contributed by atoms with Gasteiger partial charge in [-0.25, -0.2) is 0 Å². The van der Waals surface area contributed by atoms with Gasteiger partial charge in [0.25, 0.3) is 5.91 Å². The Labute approximate surface area is 199 Å². The monoisotopic (exact) mass is 452 g/mol. The number of aromatic nitrogens is 4. The van der Waals surface area contributed by atoms with E-state index in [0.29, 0.717) is 18.3 Å². The third-order valence-corrected chi connectivity index (χ3v) is 5.47. The van der Waals surface area contributed by atoms with Crippen LogP contribution in [0.4, 0.5) is 11.6 Å². The molecular weight excluding hydrogens is 424 g/mol. The van der Waals surface area contributed by atoms with Crippen molar-refractivity contribution < 1.29 is 4.79 Å². The molecular formula is C27H28N6O. The first-order valence-corrected chi connectivity index (χ1v) is 11.4. The molecule has 172 valence electrons. The number of pyridine rings is 1. The molecule has 0 fully saturated rings. The van der Waals surface area contributed by atoms with Crippen LogP contribution in [0.15, 0.2) is 85.2 Å². The molecule has 0 aliphatic rings. The minimum atomic E-state index is -0.286. The predicted octanol–water partition coefficient (Wildman–Crippen LogP) is 5.15. The van der Waals surface area contributed by atoms with Gasteiger partial charge in [0, 0.05) is 49.4 Å². The minimum absolute atomic E-state index is 0.286. The zero-order valence-electron chi connectivity index (χ0n) is 19.4. The van der Waals surface area contributed by atoms with Gasteiger partial charge < -0.3 is 10.2 Å². The second kappa shape index (κ2) is 11.0. The lowest BCUT2D eigenvalue weighted by Gasteiger charge is -2.21. The van der Waals surface area contributed by atoms with Gasteiger partial charge in [-0.05, 0) is 55.3 Å². The topological polar surface area (TPSA) is 75.9 Å². The summed E-state index contributed by atoms with van der Waals surface area (Å²) < 4.78 is 1.30. The van der Waals surface area contributed by atoms with Crippen molar-refractivity contribution in [3.63, 3.8) is 0 Å². The molecule has 0 atom stereocenters. The van der Waals surface area contributed by atoms with Crippen molar-refractivity contribution in [3.05, 3.63) is 96.3 Å². The summed E-state index contributed by atoms with van der Waals surface area (Å²) in [7, 11) is 0. The number of hydrogen-bond donors (Lipinski definition) is 1. The highest BCUT2D eigenvalue weighted by atomic mass is 16.2. The van der Waals surface area contributed by atoms with Gasteiger partial charge in [-0.2, -0.15) is 9.67 Å². The molecule has 2 aromatic heterocycles. The quantitative estimate of drug-likeness (QED) is 0.354. The maximum Gasteiger partial charge on any atom is 0.274 e. The number of allylic oxidation sites excluding steroid dienone is 1. The molecule has 2 aromatic carbocycles. The molecule has 0 aliphatic carbocycles. The van der Waals surface area contributed by atoms with E-state index >= 15 is 0 Å². The molecule has 0 saturated carbocycles. The number of benzene rings is 2. The highest BCUT2D eigenvalue weighted by Crippen LogP contribution is 2.19. The zero-order chi connectivity index (χ0) is 23.8. The molecule has 4 rings (SSSR count). The minimum Gasteiger partial charge on any atom is -0.372 e. The average Bonchev–Trinajstić information content (AvgIpc) is 3.33. The van der Waals surface area contributed by atoms with E-state index < -0.39 is 0 Å². The van der Waals surface area contributed by atoms with Crippen LogP contribution in [0.1, 0.15) is 29.8 Å². The fraction of sp³-hybridized carbons (Fsp3) is 0.185. The van der Waals surface area contributed by atoms with Crippen LogP contribution in [0.2, 0.25) is 0 Å². The zero-order valence-corrected chi connectivity index (χ0v) is 19.4. The van der Waals surface area contributed by atoms with Crippen LogP contribution < -0.4 is 10.2 Å². The van der Waals surface area contributed by atoms with Crippen LogP contribution in [0, 0.1) is 0 Å². The van der Waals surface area contributed by atoms with E-state index in [1.54, 1.807) is 18.5 Å². The Morgan fingerprint density at radius 2 is 1.76 bits per heavy atom. The second-order valence-corrected chi connectivity index (χ2v) is 7.69. The third kappa shape index (κ3) is 5.56. The Balaban J connectivity index is 1.56. The number of hydrogen-bond acceptors (Lipinski definition) is 6. The van der Waals surface area contributed by atoms with Crippen molar-refractivity contribution in [1.82, 2.24) is 19.7 Å². The van der Waals surface area contributed by atoms with Gasteiger partial charge in [0.1, 0.15) is 0 Å². The molecule has 7 nitrogen and oxygen atoms in total. The molecule has 0 spiro atoms. The van der Waals surface area contributed by atoms with Gasteiger partial charge in [-0.1, -0.05) is 42.5 Å². The molecule has 0 bridgehead atoms. The van der Waals surface area contributed by atoms with E-state index in [1.807, 2.05) is 42.5 Å². The molecule has 0 radical (unpaired) electrons. The number of anilines is 2. The summed E-state index contributed by atoms with van der Waals surface area (Å²) in [5.41, 5.74) is 3.96. The molecule has 7 heteroatoms. The van der Waals surface area contributed by atoms with Gasteiger partial charge in [-0.15, -0.1) is 5.10 Å². The van der Waals surface area contributed by atoms with Crippen LogP contribution in [-0.2, 0) is 6.54 Å². The Morgan fingerprint density at radius 3 is 2.44 bits per heavy atom. The maximum atomic E-state index is 13.0. The molecule has 34 heavy (non-hydrogen) atoms. The molecule has 0 aliphatic heterocycles. The number of rotatable bonds is 9. The van der Waals surface area contributed by atoms with E-state index in [1.165, 1.54) is 16.4 Å². The van der Waals surface area contributed by atoms with E-state index in [0.717, 1.165) is 29.8 Å². The fourth-order valence-corrected chi connectivity index (χ4v) is 3.59. The standard InChI is InChI=1S/C27H28N6O/c1-3-32(4-2)24-15-12-22(13-16-24)19-29-27-30-26(23-11-8-18-28-20-23)31-33(27)25(34)17-14-21-9-6-5-7-10-21/h5-18,20H,3-4,19H2,1-2H3,(H,29,30,31)/b17-14+. The van der Waals surface area contributed by atoms with Crippen LogP contribution in [0.3, 0.4) is 0 Å². The second-order valence-electron chi connectivity index (χ2n) is 7.69. The largest absolute Gasteiger partial charge is 0.372 e. The van der Waals surface area contributed by atoms with Gasteiger partial charge in [0.15, 0.2) is 5.82 Å². The van der Waals surface area contributed by atoms with E-state index in [-0.39, 0.29) is 5.91 Å². The van der Waals surface area contributed by atoms with Crippen molar-refractivity contribution in [2.75, 3.05) is 23.3 Å². The Morgan fingerprint density at radius 1 is 1.00 bits per heavy atom. The highest BCUT2D eigenvalue weighted by molar-refractivity contribution is 5.94. The molecule has 1 N–H and O–H groups in total. The van der Waals surface area contributed by atoms with Crippen LogP contribution in [0.25, 0.3) is 17.5 Å². The smallest absolute Gasteiger partial charge is 0.274 e. The Hall–Kier alpha value is -4.26. The van der Waals surface area contributed by atoms with E-state index in [2.05, 4.69) is 63.4 Å². The molecule has 0 unspecified atom stereocenters. The summed E-state index contributed by atoms with van der Waals surface area (Å²) in [5.74, 6) is 0.536. The van der Waals surface area contributed by atoms with Crippen LogP contribution >= 0.6 is 0 Å². The van der Waals surface area contributed by atoms with Crippen LogP contribution in [0.5, 0.6) is 0 Å². The lowest BCUT2D eigenvalue weighted by molar-refractivity contribution is 0.0957. The molecule has 0 saturated heterocycles. The van der Waals surface area contributed by atoms with Gasteiger partial charge in [0.2, 0.25) is 5.95 Å². The summed E-state index contributed by atoms with van der Waals surface area (Å²) in [6.07, 6.45) is 6.64. The van der Waals surface area contributed by atoms with Crippen molar-refractivity contribution in [3.8, 4) is 11.4 Å². The number of nitrogens with zero attached hydrogens (tertiary/aromatic N) is 5. The maximum absolute atomic E-state index is 13.0. The first-order chi connectivity index (χ1) is 16.7. The van der Waals surface area contributed by atoms with Gasteiger partial charge >= 0.3 is 0 Å². The number of nitrogens with one attached hydrogen (secondary N) is 1. The Kier molecular flexibility index (Phi) is 7.45. The van der Waals surface area contributed by atoms with Crippen molar-refractivity contribution in [2.45, 2.75) is 20.4 Å². The average molecular weight is 453 g/mol. The molecule has 2 heterocycles. The van der Waals surface area contributed by atoms with Gasteiger partial charge in [0.05, 0.1) is 0 Å².